The fraction of sp³-hybridized carbons (Fsp3) is 0.333. The molecule has 0 saturated carbocycles. The van der Waals surface area contributed by atoms with E-state index in [2.05, 4.69) is 0 Å². The lowest BCUT2D eigenvalue weighted by atomic mass is 9.86. The SMILES string of the molecule is COc1ccc(C(=O)C(C)(C)C#N)c(Cl)c1. The van der Waals surface area contributed by atoms with Crippen molar-refractivity contribution in [1.29, 1.82) is 5.26 Å². The van der Waals surface area contributed by atoms with Crippen LogP contribution in [-0.2, 0) is 0 Å². The molecule has 0 saturated heterocycles. The van der Waals surface area contributed by atoms with E-state index < -0.39 is 5.41 Å². The first kappa shape index (κ1) is 12.5. The molecule has 0 aliphatic carbocycles. The average molecular weight is 238 g/mol. The normalized spacial score (nSPS) is 10.7. The monoisotopic (exact) mass is 237 g/mol. The number of Topliss-reactive ketones (excluding diaryl/α,β-unsaturated/α-hetero) is 1. The zero-order chi connectivity index (χ0) is 12.3. The van der Waals surface area contributed by atoms with E-state index in [-0.39, 0.29) is 5.78 Å². The van der Waals surface area contributed by atoms with Gasteiger partial charge in [0, 0.05) is 5.56 Å². The third kappa shape index (κ3) is 2.34. The number of benzene rings is 1. The van der Waals surface area contributed by atoms with Gasteiger partial charge in [-0.25, -0.2) is 0 Å². The Bertz CT molecular complexity index is 461. The maximum atomic E-state index is 12.0. The van der Waals surface area contributed by atoms with Crippen molar-refractivity contribution < 1.29 is 9.53 Å². The molecule has 84 valence electrons. The minimum Gasteiger partial charge on any atom is -0.497 e. The molecule has 0 fully saturated rings. The van der Waals surface area contributed by atoms with Crippen LogP contribution < -0.4 is 4.74 Å². The van der Waals surface area contributed by atoms with Crippen molar-refractivity contribution in [2.24, 2.45) is 5.41 Å². The van der Waals surface area contributed by atoms with Crippen LogP contribution in [0.15, 0.2) is 18.2 Å². The first-order valence-electron chi connectivity index (χ1n) is 4.72. The molecule has 16 heavy (non-hydrogen) atoms. The Balaban J connectivity index is 3.17. The van der Waals surface area contributed by atoms with Gasteiger partial charge in [-0.15, -0.1) is 0 Å². The van der Waals surface area contributed by atoms with Crippen LogP contribution in [0, 0.1) is 16.7 Å². The summed E-state index contributed by atoms with van der Waals surface area (Å²) in [5.41, 5.74) is -0.730. The molecule has 0 bridgehead atoms. The lowest BCUT2D eigenvalue weighted by molar-refractivity contribution is 0.0892. The number of hydrogen-bond donors (Lipinski definition) is 0. The zero-order valence-corrected chi connectivity index (χ0v) is 10.1. The highest BCUT2D eigenvalue weighted by Crippen LogP contribution is 2.28. The van der Waals surface area contributed by atoms with Gasteiger partial charge in [-0.3, -0.25) is 4.79 Å². The molecule has 0 heterocycles. The van der Waals surface area contributed by atoms with Crippen LogP contribution in [0.25, 0.3) is 0 Å². The smallest absolute Gasteiger partial charge is 0.183 e. The van der Waals surface area contributed by atoms with Crippen LogP contribution in [0.1, 0.15) is 24.2 Å². The number of hydrogen-bond acceptors (Lipinski definition) is 3. The highest BCUT2D eigenvalue weighted by molar-refractivity contribution is 6.34. The van der Waals surface area contributed by atoms with Crippen LogP contribution in [0.2, 0.25) is 5.02 Å². The molecule has 0 amide bonds. The van der Waals surface area contributed by atoms with Crippen LogP contribution in [-0.4, -0.2) is 12.9 Å². The van der Waals surface area contributed by atoms with Crippen molar-refractivity contribution >= 4 is 17.4 Å². The molecule has 0 aromatic heterocycles. The Kier molecular flexibility index (Phi) is 3.56. The molecule has 0 aliphatic rings. The number of ketones is 1. The summed E-state index contributed by atoms with van der Waals surface area (Å²) >= 11 is 5.96. The van der Waals surface area contributed by atoms with Gasteiger partial charge >= 0.3 is 0 Å². The molecular weight excluding hydrogens is 226 g/mol. The minimum atomic E-state index is -1.07. The second kappa shape index (κ2) is 4.54. The number of nitrogens with zero attached hydrogens (tertiary/aromatic N) is 1. The van der Waals surface area contributed by atoms with Gasteiger partial charge < -0.3 is 4.74 Å². The summed E-state index contributed by atoms with van der Waals surface area (Å²) in [7, 11) is 1.52. The molecular formula is C12H12ClNO2. The van der Waals surface area contributed by atoms with E-state index in [4.69, 9.17) is 21.6 Å². The van der Waals surface area contributed by atoms with Crippen LogP contribution >= 0.6 is 11.6 Å². The van der Waals surface area contributed by atoms with Gasteiger partial charge in [0.2, 0.25) is 0 Å². The Hall–Kier alpha value is -1.53. The summed E-state index contributed by atoms with van der Waals surface area (Å²) in [5.74, 6) is 0.291. The van der Waals surface area contributed by atoms with Gasteiger partial charge in [-0.1, -0.05) is 11.6 Å². The fourth-order valence-corrected chi connectivity index (χ4v) is 1.45. The van der Waals surface area contributed by atoms with Gasteiger partial charge in [0.25, 0.3) is 0 Å². The Morgan fingerprint density at radius 3 is 2.56 bits per heavy atom. The molecule has 0 atom stereocenters. The molecule has 0 spiro atoms. The summed E-state index contributed by atoms with van der Waals surface area (Å²) in [5, 5.41) is 9.18. The van der Waals surface area contributed by atoms with Crippen LogP contribution in [0.5, 0.6) is 5.75 Å². The summed E-state index contributed by atoms with van der Waals surface area (Å²) in [6.45, 7) is 3.13. The van der Waals surface area contributed by atoms with Gasteiger partial charge in [-0.05, 0) is 32.0 Å². The molecule has 0 radical (unpaired) electrons. The minimum absolute atomic E-state index is 0.289. The maximum absolute atomic E-state index is 12.0. The van der Waals surface area contributed by atoms with E-state index in [9.17, 15) is 4.79 Å². The molecule has 0 N–H and O–H groups in total. The third-order valence-electron chi connectivity index (χ3n) is 2.27. The van der Waals surface area contributed by atoms with E-state index in [1.165, 1.54) is 7.11 Å². The summed E-state index contributed by atoms with van der Waals surface area (Å²) in [6, 6.07) is 6.73. The fourth-order valence-electron chi connectivity index (χ4n) is 1.19. The van der Waals surface area contributed by atoms with Gasteiger partial charge in [0.1, 0.15) is 11.2 Å². The molecule has 4 heteroatoms. The molecule has 1 aromatic rings. The van der Waals surface area contributed by atoms with E-state index >= 15 is 0 Å². The number of nitriles is 1. The highest BCUT2D eigenvalue weighted by Gasteiger charge is 2.29. The maximum Gasteiger partial charge on any atom is 0.183 e. The Morgan fingerprint density at radius 1 is 1.50 bits per heavy atom. The predicted molar refractivity (Wildman–Crippen MR) is 61.7 cm³/mol. The van der Waals surface area contributed by atoms with Crippen molar-refractivity contribution in [2.75, 3.05) is 7.11 Å². The Labute approximate surface area is 99.6 Å². The first-order valence-corrected chi connectivity index (χ1v) is 5.10. The van der Waals surface area contributed by atoms with Gasteiger partial charge in [0.15, 0.2) is 5.78 Å². The van der Waals surface area contributed by atoms with Crippen molar-refractivity contribution in [2.45, 2.75) is 13.8 Å². The highest BCUT2D eigenvalue weighted by atomic mass is 35.5. The second-order valence-corrected chi connectivity index (χ2v) is 4.32. The number of halogens is 1. The lowest BCUT2D eigenvalue weighted by Gasteiger charge is -2.14. The van der Waals surface area contributed by atoms with Crippen molar-refractivity contribution in [3.8, 4) is 11.8 Å². The predicted octanol–water partition coefficient (Wildman–Crippen LogP) is 3.08. The molecule has 3 nitrogen and oxygen atoms in total. The summed E-state index contributed by atoms with van der Waals surface area (Å²) < 4.78 is 4.98. The largest absolute Gasteiger partial charge is 0.497 e. The average Bonchev–Trinajstić information content (AvgIpc) is 2.28. The van der Waals surface area contributed by atoms with Crippen molar-refractivity contribution in [3.05, 3.63) is 28.8 Å². The van der Waals surface area contributed by atoms with Gasteiger partial charge in [-0.2, -0.15) is 5.26 Å². The number of carbonyl (C=O) groups is 1. The van der Waals surface area contributed by atoms with E-state index in [0.29, 0.717) is 16.3 Å². The van der Waals surface area contributed by atoms with Crippen molar-refractivity contribution in [1.82, 2.24) is 0 Å². The zero-order valence-electron chi connectivity index (χ0n) is 9.37. The topological polar surface area (TPSA) is 50.1 Å². The first-order chi connectivity index (χ1) is 7.42. The number of ether oxygens (including phenoxy) is 1. The van der Waals surface area contributed by atoms with E-state index in [0.717, 1.165) is 0 Å². The Morgan fingerprint density at radius 2 is 2.12 bits per heavy atom. The second-order valence-electron chi connectivity index (χ2n) is 3.91. The summed E-state index contributed by atoms with van der Waals surface area (Å²) in [6.07, 6.45) is 0. The van der Waals surface area contributed by atoms with E-state index in [1.807, 2.05) is 6.07 Å². The quantitative estimate of drug-likeness (QED) is 0.759. The molecule has 0 unspecified atom stereocenters. The lowest BCUT2D eigenvalue weighted by Crippen LogP contribution is -2.22. The number of rotatable bonds is 3. The van der Waals surface area contributed by atoms with Crippen LogP contribution in [0.3, 0.4) is 0 Å². The standard InChI is InChI=1S/C12H12ClNO2/c1-12(2,7-14)11(15)9-5-4-8(16-3)6-10(9)13/h4-6H,1-3H3. The van der Waals surface area contributed by atoms with Crippen molar-refractivity contribution in [3.63, 3.8) is 0 Å². The van der Waals surface area contributed by atoms with E-state index in [1.54, 1.807) is 32.0 Å². The van der Waals surface area contributed by atoms with Gasteiger partial charge in [0.05, 0.1) is 18.2 Å². The number of methoxy groups -OCH3 is 1. The molecule has 0 aliphatic heterocycles. The van der Waals surface area contributed by atoms with Crippen LogP contribution in [0.4, 0.5) is 0 Å². The summed E-state index contributed by atoms with van der Waals surface area (Å²) in [4.78, 5) is 12.0. The number of carbonyl (C=O) groups excluding carboxylic acids is 1. The third-order valence-corrected chi connectivity index (χ3v) is 2.58. The molecule has 1 rings (SSSR count). The molecule has 1 aromatic carbocycles.